The second-order valence-corrected chi connectivity index (χ2v) is 3.28. The summed E-state index contributed by atoms with van der Waals surface area (Å²) in [4.78, 5) is 4.07. The van der Waals surface area contributed by atoms with E-state index in [1.165, 1.54) is 0 Å². The van der Waals surface area contributed by atoms with Crippen molar-refractivity contribution in [2.75, 3.05) is 0 Å². The summed E-state index contributed by atoms with van der Waals surface area (Å²) >= 11 is 0. The van der Waals surface area contributed by atoms with Crippen LogP contribution in [0.25, 0.3) is 0 Å². The molecule has 0 saturated carbocycles. The third-order valence-corrected chi connectivity index (χ3v) is 2.02. The molecular formula is C9H12N4O. The molecule has 2 heterocycles. The highest BCUT2D eigenvalue weighted by molar-refractivity contribution is 5.15. The number of hydrogen-bond donors (Lipinski definition) is 1. The molecule has 0 aliphatic heterocycles. The van der Waals surface area contributed by atoms with Crippen LogP contribution in [0.15, 0.2) is 24.8 Å². The zero-order valence-electron chi connectivity index (χ0n) is 8.12. The van der Waals surface area contributed by atoms with Crippen LogP contribution >= 0.6 is 0 Å². The second kappa shape index (κ2) is 3.26. The molecule has 5 nitrogen and oxygen atoms in total. The van der Waals surface area contributed by atoms with Gasteiger partial charge < -0.3 is 9.67 Å². The fourth-order valence-electron chi connectivity index (χ4n) is 1.30. The summed E-state index contributed by atoms with van der Waals surface area (Å²) < 4.78 is 3.45. The summed E-state index contributed by atoms with van der Waals surface area (Å²) in [5.41, 5.74) is 1.23. The number of nitrogens with zero attached hydrogens (tertiary/aromatic N) is 4. The molecule has 0 aliphatic carbocycles. The molecule has 74 valence electrons. The highest BCUT2D eigenvalue weighted by Crippen LogP contribution is 2.17. The van der Waals surface area contributed by atoms with Gasteiger partial charge in [0.1, 0.15) is 6.10 Å². The largest absolute Gasteiger partial charge is 0.380 e. The Bertz CT molecular complexity index is 391. The Morgan fingerprint density at radius 2 is 2.14 bits per heavy atom. The van der Waals surface area contributed by atoms with E-state index in [0.717, 1.165) is 0 Å². The molecule has 0 amide bonds. The van der Waals surface area contributed by atoms with Gasteiger partial charge in [0, 0.05) is 26.5 Å². The summed E-state index contributed by atoms with van der Waals surface area (Å²) in [6.45, 7) is 0. The first-order valence-corrected chi connectivity index (χ1v) is 4.32. The second-order valence-electron chi connectivity index (χ2n) is 3.28. The maximum absolute atomic E-state index is 9.87. The predicted octanol–water partition coefficient (Wildman–Crippen LogP) is 0.235. The molecule has 14 heavy (non-hydrogen) atoms. The van der Waals surface area contributed by atoms with E-state index >= 15 is 0 Å². The molecule has 0 saturated heterocycles. The lowest BCUT2D eigenvalue weighted by atomic mass is 10.2. The zero-order chi connectivity index (χ0) is 10.1. The lowest BCUT2D eigenvalue weighted by Crippen LogP contribution is -2.02. The van der Waals surface area contributed by atoms with Crippen molar-refractivity contribution in [2.45, 2.75) is 6.10 Å². The van der Waals surface area contributed by atoms with Crippen molar-refractivity contribution in [1.82, 2.24) is 19.3 Å². The predicted molar refractivity (Wildman–Crippen MR) is 50.5 cm³/mol. The van der Waals surface area contributed by atoms with Gasteiger partial charge in [-0.15, -0.1) is 0 Å². The molecule has 1 atom stereocenters. The van der Waals surface area contributed by atoms with Gasteiger partial charge in [0.25, 0.3) is 0 Å². The van der Waals surface area contributed by atoms with Gasteiger partial charge in [-0.25, -0.2) is 4.98 Å². The molecule has 2 rings (SSSR count). The van der Waals surface area contributed by atoms with Crippen molar-refractivity contribution in [3.63, 3.8) is 0 Å². The van der Waals surface area contributed by atoms with Gasteiger partial charge in [0.2, 0.25) is 0 Å². The normalized spacial score (nSPS) is 13.1. The van der Waals surface area contributed by atoms with Gasteiger partial charge in [0.05, 0.1) is 17.7 Å². The van der Waals surface area contributed by atoms with Crippen molar-refractivity contribution >= 4 is 0 Å². The van der Waals surface area contributed by atoms with Crippen LogP contribution in [-0.4, -0.2) is 24.4 Å². The minimum Gasteiger partial charge on any atom is -0.380 e. The molecule has 0 radical (unpaired) electrons. The van der Waals surface area contributed by atoms with Gasteiger partial charge in [-0.05, 0) is 6.07 Å². The zero-order valence-corrected chi connectivity index (χ0v) is 8.12. The monoisotopic (exact) mass is 192 g/mol. The van der Waals surface area contributed by atoms with Crippen molar-refractivity contribution in [3.8, 4) is 0 Å². The first-order chi connectivity index (χ1) is 6.66. The van der Waals surface area contributed by atoms with Crippen LogP contribution in [0.2, 0.25) is 0 Å². The van der Waals surface area contributed by atoms with Crippen LogP contribution in [0.3, 0.4) is 0 Å². The number of aliphatic hydroxyl groups is 1. The highest BCUT2D eigenvalue weighted by atomic mass is 16.3. The third-order valence-electron chi connectivity index (χ3n) is 2.02. The maximum Gasteiger partial charge on any atom is 0.141 e. The Hall–Kier alpha value is -1.62. The molecule has 1 N–H and O–H groups in total. The first kappa shape index (κ1) is 8.96. The van der Waals surface area contributed by atoms with Crippen LogP contribution < -0.4 is 0 Å². The molecule has 1 unspecified atom stereocenters. The quantitative estimate of drug-likeness (QED) is 0.741. The average molecular weight is 192 g/mol. The fraction of sp³-hybridized carbons (Fsp3) is 0.333. The van der Waals surface area contributed by atoms with E-state index in [1.807, 2.05) is 14.1 Å². The minimum atomic E-state index is -0.739. The molecule has 2 aromatic heterocycles. The van der Waals surface area contributed by atoms with Crippen molar-refractivity contribution < 1.29 is 5.11 Å². The van der Waals surface area contributed by atoms with Gasteiger partial charge in [0.15, 0.2) is 0 Å². The molecular weight excluding hydrogens is 180 g/mol. The number of aromatic nitrogens is 4. The molecule has 0 fully saturated rings. The lowest BCUT2D eigenvalue weighted by molar-refractivity contribution is 0.210. The molecule has 0 spiro atoms. The molecule has 2 aromatic rings. The Morgan fingerprint density at radius 3 is 2.64 bits per heavy atom. The fourth-order valence-corrected chi connectivity index (χ4v) is 1.30. The molecule has 0 aromatic carbocycles. The van der Waals surface area contributed by atoms with Gasteiger partial charge >= 0.3 is 0 Å². The molecule has 0 aliphatic rings. The van der Waals surface area contributed by atoms with E-state index in [2.05, 4.69) is 10.1 Å². The number of aryl methyl sites for hydroxylation is 2. The first-order valence-electron chi connectivity index (χ1n) is 4.32. The Kier molecular flexibility index (Phi) is 2.09. The lowest BCUT2D eigenvalue weighted by Gasteiger charge is -2.02. The van der Waals surface area contributed by atoms with Gasteiger partial charge in [-0.3, -0.25) is 4.68 Å². The number of rotatable bonds is 2. The maximum atomic E-state index is 9.87. The SMILES string of the molecule is Cn1cnc(C(O)c2ccn(C)n2)c1. The van der Waals surface area contributed by atoms with Crippen LogP contribution in [0, 0.1) is 0 Å². The molecule has 5 heteroatoms. The summed E-state index contributed by atoms with van der Waals surface area (Å²) in [6, 6.07) is 1.78. The Balaban J connectivity index is 2.28. The van der Waals surface area contributed by atoms with E-state index < -0.39 is 6.10 Å². The summed E-state index contributed by atoms with van der Waals surface area (Å²) in [6.07, 6.45) is 4.49. The van der Waals surface area contributed by atoms with E-state index in [1.54, 1.807) is 34.0 Å². The van der Waals surface area contributed by atoms with E-state index in [4.69, 9.17) is 0 Å². The Morgan fingerprint density at radius 1 is 1.36 bits per heavy atom. The van der Waals surface area contributed by atoms with Crippen molar-refractivity contribution in [2.24, 2.45) is 14.1 Å². The van der Waals surface area contributed by atoms with Crippen LogP contribution in [0.5, 0.6) is 0 Å². The number of aliphatic hydroxyl groups excluding tert-OH is 1. The minimum absolute atomic E-state index is 0.617. The topological polar surface area (TPSA) is 55.9 Å². The summed E-state index contributed by atoms with van der Waals surface area (Å²) in [7, 11) is 3.68. The highest BCUT2D eigenvalue weighted by Gasteiger charge is 2.15. The van der Waals surface area contributed by atoms with E-state index in [-0.39, 0.29) is 0 Å². The third kappa shape index (κ3) is 1.54. The van der Waals surface area contributed by atoms with Crippen LogP contribution in [0.4, 0.5) is 0 Å². The van der Waals surface area contributed by atoms with E-state index in [0.29, 0.717) is 11.4 Å². The average Bonchev–Trinajstić information content (AvgIpc) is 2.73. The van der Waals surface area contributed by atoms with E-state index in [9.17, 15) is 5.11 Å². The molecule has 0 bridgehead atoms. The van der Waals surface area contributed by atoms with Gasteiger partial charge in [-0.1, -0.05) is 0 Å². The summed E-state index contributed by atoms with van der Waals surface area (Å²) in [5.74, 6) is 0. The van der Waals surface area contributed by atoms with Crippen LogP contribution in [-0.2, 0) is 14.1 Å². The van der Waals surface area contributed by atoms with Gasteiger partial charge in [-0.2, -0.15) is 5.10 Å². The number of hydrogen-bond acceptors (Lipinski definition) is 3. The Labute approximate surface area is 81.6 Å². The standard InChI is InChI=1S/C9H12N4O/c1-12-5-8(10-6-12)9(14)7-3-4-13(2)11-7/h3-6,9,14H,1-2H3. The van der Waals surface area contributed by atoms with Crippen molar-refractivity contribution in [3.05, 3.63) is 36.2 Å². The summed E-state index contributed by atoms with van der Waals surface area (Å²) in [5, 5.41) is 14.0. The van der Waals surface area contributed by atoms with Crippen molar-refractivity contribution in [1.29, 1.82) is 0 Å². The van der Waals surface area contributed by atoms with Crippen LogP contribution in [0.1, 0.15) is 17.5 Å². The smallest absolute Gasteiger partial charge is 0.141 e. The number of imidazole rings is 1.